The van der Waals surface area contributed by atoms with Crippen molar-refractivity contribution in [3.8, 4) is 6.07 Å². The second-order valence-electron chi connectivity index (χ2n) is 3.61. The van der Waals surface area contributed by atoms with Gasteiger partial charge in [0.1, 0.15) is 11.8 Å². The van der Waals surface area contributed by atoms with Crippen molar-refractivity contribution in [2.75, 3.05) is 0 Å². The average Bonchev–Trinajstić information content (AvgIpc) is 2.84. The van der Waals surface area contributed by atoms with Gasteiger partial charge in [-0.15, -0.1) is 0 Å². The fourth-order valence-electron chi connectivity index (χ4n) is 1.69. The number of aryl methyl sites for hydroxylation is 3. The summed E-state index contributed by atoms with van der Waals surface area (Å²) in [7, 11) is 0. The monoisotopic (exact) mass is 216 g/mol. The van der Waals surface area contributed by atoms with E-state index >= 15 is 0 Å². The zero-order chi connectivity index (χ0) is 11.5. The zero-order valence-corrected chi connectivity index (χ0v) is 9.27. The average molecular weight is 216 g/mol. The van der Waals surface area contributed by atoms with Crippen molar-refractivity contribution < 1.29 is 4.52 Å². The number of imidazole rings is 1. The predicted octanol–water partition coefficient (Wildman–Crippen LogP) is 1.60. The summed E-state index contributed by atoms with van der Waals surface area (Å²) < 4.78 is 6.91. The predicted molar refractivity (Wildman–Crippen MR) is 56.6 cm³/mol. The summed E-state index contributed by atoms with van der Waals surface area (Å²) in [6, 6.07) is 2.05. The molecule has 16 heavy (non-hydrogen) atoms. The molecular formula is C11H12N4O. The highest BCUT2D eigenvalue weighted by Crippen LogP contribution is 2.13. The van der Waals surface area contributed by atoms with E-state index in [2.05, 4.69) is 10.1 Å². The van der Waals surface area contributed by atoms with Crippen LogP contribution in [0.2, 0.25) is 0 Å². The molecule has 2 rings (SSSR count). The standard InChI is InChI=1S/C11H12N4O/c1-8-10(9(2)16-14-8)3-5-15-6-4-13-11(15)7-12/h4,6H,3,5H2,1-2H3. The zero-order valence-electron chi connectivity index (χ0n) is 9.27. The van der Waals surface area contributed by atoms with Gasteiger partial charge in [0, 0.05) is 24.5 Å². The Kier molecular flexibility index (Phi) is 2.73. The van der Waals surface area contributed by atoms with E-state index in [-0.39, 0.29) is 0 Å². The molecule has 0 saturated carbocycles. The topological polar surface area (TPSA) is 67.6 Å². The lowest BCUT2D eigenvalue weighted by molar-refractivity contribution is 0.392. The molecule has 0 saturated heterocycles. The molecule has 0 aromatic carbocycles. The van der Waals surface area contributed by atoms with Gasteiger partial charge < -0.3 is 9.09 Å². The van der Waals surface area contributed by atoms with Crippen LogP contribution in [0, 0.1) is 25.2 Å². The van der Waals surface area contributed by atoms with Crippen LogP contribution in [0.4, 0.5) is 0 Å². The number of rotatable bonds is 3. The van der Waals surface area contributed by atoms with Crippen molar-refractivity contribution in [2.24, 2.45) is 0 Å². The van der Waals surface area contributed by atoms with E-state index in [1.165, 1.54) is 0 Å². The number of nitrogens with zero attached hydrogens (tertiary/aromatic N) is 4. The highest BCUT2D eigenvalue weighted by atomic mass is 16.5. The minimum atomic E-state index is 0.437. The maximum absolute atomic E-state index is 8.81. The van der Waals surface area contributed by atoms with Crippen LogP contribution < -0.4 is 0 Å². The van der Waals surface area contributed by atoms with Gasteiger partial charge in [-0.1, -0.05) is 5.16 Å². The van der Waals surface area contributed by atoms with Gasteiger partial charge >= 0.3 is 0 Å². The summed E-state index contributed by atoms with van der Waals surface area (Å²) in [6.07, 6.45) is 4.23. The van der Waals surface area contributed by atoms with E-state index in [0.717, 1.165) is 23.4 Å². The van der Waals surface area contributed by atoms with Crippen LogP contribution in [0.5, 0.6) is 0 Å². The summed E-state index contributed by atoms with van der Waals surface area (Å²) >= 11 is 0. The van der Waals surface area contributed by atoms with Crippen LogP contribution in [-0.4, -0.2) is 14.7 Å². The van der Waals surface area contributed by atoms with E-state index in [1.807, 2.05) is 24.5 Å². The van der Waals surface area contributed by atoms with Crippen molar-refractivity contribution in [3.05, 3.63) is 35.2 Å². The molecule has 2 aromatic heterocycles. The van der Waals surface area contributed by atoms with Crippen LogP contribution >= 0.6 is 0 Å². The SMILES string of the molecule is Cc1noc(C)c1CCn1ccnc1C#N. The Hall–Kier alpha value is -2.09. The molecule has 0 aliphatic carbocycles. The third kappa shape index (κ3) is 1.82. The molecule has 0 unspecified atom stereocenters. The van der Waals surface area contributed by atoms with E-state index < -0.39 is 0 Å². The molecule has 82 valence electrons. The van der Waals surface area contributed by atoms with Crippen molar-refractivity contribution in [3.63, 3.8) is 0 Å². The number of hydrogen-bond acceptors (Lipinski definition) is 4. The van der Waals surface area contributed by atoms with Gasteiger partial charge in [-0.2, -0.15) is 5.26 Å². The number of aromatic nitrogens is 3. The summed E-state index contributed by atoms with van der Waals surface area (Å²) in [6.45, 7) is 4.53. The third-order valence-electron chi connectivity index (χ3n) is 2.60. The lowest BCUT2D eigenvalue weighted by Gasteiger charge is -2.02. The van der Waals surface area contributed by atoms with Crippen molar-refractivity contribution in [2.45, 2.75) is 26.8 Å². The smallest absolute Gasteiger partial charge is 0.212 e. The highest BCUT2D eigenvalue weighted by molar-refractivity contribution is 5.21. The first kappa shape index (κ1) is 10.4. The molecule has 0 N–H and O–H groups in total. The minimum absolute atomic E-state index is 0.437. The highest BCUT2D eigenvalue weighted by Gasteiger charge is 2.09. The van der Waals surface area contributed by atoms with Crippen LogP contribution in [0.3, 0.4) is 0 Å². The molecule has 5 nitrogen and oxygen atoms in total. The molecule has 0 aliphatic rings. The maximum Gasteiger partial charge on any atom is 0.212 e. The Morgan fingerprint density at radius 2 is 2.31 bits per heavy atom. The number of hydrogen-bond donors (Lipinski definition) is 0. The molecule has 0 spiro atoms. The van der Waals surface area contributed by atoms with Crippen LogP contribution in [0.15, 0.2) is 16.9 Å². The molecule has 2 heterocycles. The fraction of sp³-hybridized carbons (Fsp3) is 0.364. The lowest BCUT2D eigenvalue weighted by Crippen LogP contribution is -2.04. The van der Waals surface area contributed by atoms with Gasteiger partial charge in [-0.25, -0.2) is 4.98 Å². The second kappa shape index (κ2) is 4.19. The molecule has 5 heteroatoms. The quantitative estimate of drug-likeness (QED) is 0.781. The van der Waals surface area contributed by atoms with E-state index in [0.29, 0.717) is 12.4 Å². The van der Waals surface area contributed by atoms with Crippen LogP contribution in [-0.2, 0) is 13.0 Å². The first-order chi connectivity index (χ1) is 7.72. The van der Waals surface area contributed by atoms with Gasteiger partial charge in [0.2, 0.25) is 5.82 Å². The van der Waals surface area contributed by atoms with Gasteiger partial charge in [0.15, 0.2) is 0 Å². The Balaban J connectivity index is 2.11. The summed E-state index contributed by atoms with van der Waals surface area (Å²) in [5.41, 5.74) is 2.02. The third-order valence-corrected chi connectivity index (χ3v) is 2.60. The Bertz CT molecular complexity index is 513. The van der Waals surface area contributed by atoms with Gasteiger partial charge in [0.05, 0.1) is 5.69 Å². The summed E-state index contributed by atoms with van der Waals surface area (Å²) in [5.74, 6) is 1.28. The van der Waals surface area contributed by atoms with E-state index in [1.54, 1.807) is 12.4 Å². The summed E-state index contributed by atoms with van der Waals surface area (Å²) in [4.78, 5) is 3.94. The van der Waals surface area contributed by atoms with Crippen LogP contribution in [0.1, 0.15) is 22.8 Å². The lowest BCUT2D eigenvalue weighted by atomic mass is 10.1. The van der Waals surface area contributed by atoms with E-state index in [4.69, 9.17) is 9.78 Å². The summed E-state index contributed by atoms with van der Waals surface area (Å²) in [5, 5.41) is 12.7. The first-order valence-corrected chi connectivity index (χ1v) is 5.05. The van der Waals surface area contributed by atoms with Crippen molar-refractivity contribution in [1.82, 2.24) is 14.7 Å². The van der Waals surface area contributed by atoms with Crippen LogP contribution in [0.25, 0.3) is 0 Å². The Labute approximate surface area is 93.3 Å². The van der Waals surface area contributed by atoms with Crippen molar-refractivity contribution >= 4 is 0 Å². The number of nitriles is 1. The Morgan fingerprint density at radius 1 is 1.50 bits per heavy atom. The van der Waals surface area contributed by atoms with Gasteiger partial charge in [-0.05, 0) is 20.3 Å². The normalized spacial score (nSPS) is 10.3. The molecule has 0 atom stereocenters. The second-order valence-corrected chi connectivity index (χ2v) is 3.61. The van der Waals surface area contributed by atoms with Gasteiger partial charge in [-0.3, -0.25) is 0 Å². The van der Waals surface area contributed by atoms with E-state index in [9.17, 15) is 0 Å². The molecular weight excluding hydrogens is 204 g/mol. The largest absolute Gasteiger partial charge is 0.361 e. The first-order valence-electron chi connectivity index (χ1n) is 5.05. The molecule has 0 radical (unpaired) electrons. The molecule has 2 aromatic rings. The minimum Gasteiger partial charge on any atom is -0.361 e. The maximum atomic E-state index is 8.81. The Morgan fingerprint density at radius 3 is 2.94 bits per heavy atom. The molecule has 0 fully saturated rings. The van der Waals surface area contributed by atoms with Gasteiger partial charge in [0.25, 0.3) is 0 Å². The molecule has 0 bridgehead atoms. The van der Waals surface area contributed by atoms with Crippen molar-refractivity contribution in [1.29, 1.82) is 5.26 Å². The molecule has 0 aliphatic heterocycles. The molecule has 0 amide bonds. The fourth-order valence-corrected chi connectivity index (χ4v) is 1.69.